The third-order valence-electron chi connectivity index (χ3n) is 5.24. The van der Waals surface area contributed by atoms with E-state index in [0.29, 0.717) is 36.9 Å². The summed E-state index contributed by atoms with van der Waals surface area (Å²) in [5, 5.41) is 2.69. The second kappa shape index (κ2) is 8.50. The number of amides is 1. The van der Waals surface area contributed by atoms with Gasteiger partial charge in [0.1, 0.15) is 0 Å². The highest BCUT2D eigenvalue weighted by Gasteiger charge is 2.20. The van der Waals surface area contributed by atoms with Crippen LogP contribution in [0.4, 0.5) is 0 Å². The van der Waals surface area contributed by atoms with Crippen LogP contribution < -0.4 is 0 Å². The monoisotopic (exact) mass is 440 g/mol. The highest BCUT2D eigenvalue weighted by molar-refractivity contribution is 7.14. The van der Waals surface area contributed by atoms with Crippen LogP contribution in [0.5, 0.6) is 0 Å². The molecule has 0 N–H and O–H groups in total. The molecule has 1 aromatic carbocycles. The molecule has 2 aromatic heterocycles. The van der Waals surface area contributed by atoms with Crippen molar-refractivity contribution in [2.45, 2.75) is 26.2 Å². The summed E-state index contributed by atoms with van der Waals surface area (Å²) in [4.78, 5) is 20.2. The van der Waals surface area contributed by atoms with Gasteiger partial charge in [-0.25, -0.2) is 0 Å². The van der Waals surface area contributed by atoms with Gasteiger partial charge in [-0.3, -0.25) is 9.78 Å². The fourth-order valence-corrected chi connectivity index (χ4v) is 4.65. The maximum absolute atomic E-state index is 12.7. The van der Waals surface area contributed by atoms with Crippen molar-refractivity contribution in [2.75, 3.05) is 26.3 Å². The summed E-state index contributed by atoms with van der Waals surface area (Å²) in [5.41, 5.74) is 4.83. The predicted molar refractivity (Wildman–Crippen MR) is 123 cm³/mol. The fourth-order valence-electron chi connectivity index (χ4n) is 3.45. The Balaban J connectivity index is 1.58. The van der Waals surface area contributed by atoms with Gasteiger partial charge in [0.15, 0.2) is 0 Å². The highest BCUT2D eigenvalue weighted by atomic mass is 35.5. The summed E-state index contributed by atoms with van der Waals surface area (Å²) in [6.45, 7) is 8.90. The van der Waals surface area contributed by atoms with E-state index >= 15 is 0 Å². The fraction of sp³-hybridized carbons (Fsp3) is 0.333. The quantitative estimate of drug-likeness (QED) is 0.509. The molecule has 1 aliphatic rings. The van der Waals surface area contributed by atoms with Crippen LogP contribution in [0.1, 0.15) is 36.8 Å². The highest BCUT2D eigenvalue weighted by Crippen LogP contribution is 2.37. The molecule has 0 atom stereocenters. The second-order valence-electron chi connectivity index (χ2n) is 8.48. The van der Waals surface area contributed by atoms with E-state index in [1.807, 2.05) is 29.3 Å². The van der Waals surface area contributed by atoms with Gasteiger partial charge in [0, 0.05) is 51.4 Å². The number of thiophene rings is 1. The molecule has 0 spiro atoms. The molecule has 1 fully saturated rings. The molecule has 3 heterocycles. The molecular weight excluding hydrogens is 416 g/mol. The molecule has 6 heteroatoms. The maximum atomic E-state index is 12.7. The standard InChI is InChI=1S/C24H25ClN2O2S/c1-24(2,3)22-14-16(6-7-26-22)21-13-18(15-30-21)19-5-4-17(12-20(19)25)23(28)27-8-10-29-11-9-27/h4-7,12-15H,8-11H2,1-3H3. The van der Waals surface area contributed by atoms with Crippen molar-refractivity contribution in [3.8, 4) is 21.6 Å². The lowest BCUT2D eigenvalue weighted by Crippen LogP contribution is -2.40. The summed E-state index contributed by atoms with van der Waals surface area (Å²) in [6, 6.07) is 11.9. The summed E-state index contributed by atoms with van der Waals surface area (Å²) in [6.07, 6.45) is 1.87. The Morgan fingerprint density at radius 1 is 1.10 bits per heavy atom. The molecule has 4 rings (SSSR count). The molecule has 1 saturated heterocycles. The number of nitrogens with zero attached hydrogens (tertiary/aromatic N) is 2. The zero-order valence-corrected chi connectivity index (χ0v) is 19.0. The number of morpholine rings is 1. The minimum Gasteiger partial charge on any atom is -0.378 e. The smallest absolute Gasteiger partial charge is 0.254 e. The number of hydrogen-bond acceptors (Lipinski definition) is 4. The number of hydrogen-bond donors (Lipinski definition) is 0. The Kier molecular flexibility index (Phi) is 5.96. The van der Waals surface area contributed by atoms with Crippen LogP contribution in [0.3, 0.4) is 0 Å². The van der Waals surface area contributed by atoms with E-state index in [1.165, 1.54) is 4.88 Å². The number of aromatic nitrogens is 1. The Hall–Kier alpha value is -2.21. The Labute approximate surface area is 186 Å². The first-order valence-electron chi connectivity index (χ1n) is 10.1. The molecule has 0 bridgehead atoms. The van der Waals surface area contributed by atoms with E-state index in [-0.39, 0.29) is 11.3 Å². The molecule has 3 aromatic rings. The first-order chi connectivity index (χ1) is 14.3. The van der Waals surface area contributed by atoms with Crippen LogP contribution in [0, 0.1) is 0 Å². The molecule has 1 amide bonds. The molecule has 0 saturated carbocycles. The number of carbonyl (C=O) groups is 1. The van der Waals surface area contributed by atoms with Gasteiger partial charge in [-0.05, 0) is 46.8 Å². The zero-order chi connectivity index (χ0) is 21.3. The normalized spacial score (nSPS) is 14.7. The van der Waals surface area contributed by atoms with Crippen LogP contribution in [0.25, 0.3) is 21.6 Å². The average molecular weight is 441 g/mol. The van der Waals surface area contributed by atoms with E-state index in [2.05, 4.69) is 43.3 Å². The number of carbonyl (C=O) groups excluding carboxylic acids is 1. The van der Waals surface area contributed by atoms with Crippen molar-refractivity contribution in [3.63, 3.8) is 0 Å². The lowest BCUT2D eigenvalue weighted by molar-refractivity contribution is 0.0303. The predicted octanol–water partition coefficient (Wildman–Crippen LogP) is 5.90. The number of rotatable bonds is 3. The van der Waals surface area contributed by atoms with Crippen LogP contribution in [-0.2, 0) is 10.2 Å². The van der Waals surface area contributed by atoms with Gasteiger partial charge in [0.05, 0.1) is 13.2 Å². The maximum Gasteiger partial charge on any atom is 0.254 e. The number of ether oxygens (including phenoxy) is 1. The number of benzene rings is 1. The number of halogens is 1. The largest absolute Gasteiger partial charge is 0.378 e. The summed E-state index contributed by atoms with van der Waals surface area (Å²) < 4.78 is 5.33. The van der Waals surface area contributed by atoms with Gasteiger partial charge in [-0.15, -0.1) is 11.3 Å². The van der Waals surface area contributed by atoms with Gasteiger partial charge in [-0.1, -0.05) is 38.4 Å². The first kappa shape index (κ1) is 21.0. The zero-order valence-electron chi connectivity index (χ0n) is 17.4. The summed E-state index contributed by atoms with van der Waals surface area (Å²) >= 11 is 8.27. The molecular formula is C24H25ClN2O2S. The van der Waals surface area contributed by atoms with Gasteiger partial charge in [0.2, 0.25) is 0 Å². The van der Waals surface area contributed by atoms with E-state index in [0.717, 1.165) is 22.4 Å². The van der Waals surface area contributed by atoms with Crippen LogP contribution in [-0.4, -0.2) is 42.1 Å². The van der Waals surface area contributed by atoms with Gasteiger partial charge in [0.25, 0.3) is 5.91 Å². The summed E-state index contributed by atoms with van der Waals surface area (Å²) in [7, 11) is 0. The third-order valence-corrected chi connectivity index (χ3v) is 6.53. The topological polar surface area (TPSA) is 42.4 Å². The minimum absolute atomic E-state index is 0.00224. The minimum atomic E-state index is 0.00224. The van der Waals surface area contributed by atoms with Gasteiger partial charge in [-0.2, -0.15) is 0 Å². The second-order valence-corrected chi connectivity index (χ2v) is 9.80. The molecule has 1 aliphatic heterocycles. The molecule has 30 heavy (non-hydrogen) atoms. The molecule has 0 aliphatic carbocycles. The van der Waals surface area contributed by atoms with Crippen molar-refractivity contribution in [1.82, 2.24) is 9.88 Å². The third kappa shape index (κ3) is 4.43. The van der Waals surface area contributed by atoms with E-state index in [1.54, 1.807) is 17.4 Å². The van der Waals surface area contributed by atoms with E-state index < -0.39 is 0 Å². The lowest BCUT2D eigenvalue weighted by Gasteiger charge is -2.27. The Morgan fingerprint density at radius 3 is 2.57 bits per heavy atom. The first-order valence-corrected chi connectivity index (χ1v) is 11.3. The Bertz CT molecular complexity index is 1070. The summed E-state index contributed by atoms with van der Waals surface area (Å²) in [5.74, 6) is 0.00394. The molecule has 156 valence electrons. The lowest BCUT2D eigenvalue weighted by atomic mass is 9.90. The van der Waals surface area contributed by atoms with Gasteiger partial charge >= 0.3 is 0 Å². The van der Waals surface area contributed by atoms with E-state index in [4.69, 9.17) is 16.3 Å². The SMILES string of the molecule is CC(C)(C)c1cc(-c2cc(-c3ccc(C(=O)N4CCOCC4)cc3Cl)cs2)ccn1. The van der Waals surface area contributed by atoms with Crippen molar-refractivity contribution >= 4 is 28.8 Å². The van der Waals surface area contributed by atoms with Crippen LogP contribution in [0.2, 0.25) is 5.02 Å². The van der Waals surface area contributed by atoms with Crippen molar-refractivity contribution in [3.05, 3.63) is 64.3 Å². The van der Waals surface area contributed by atoms with E-state index in [9.17, 15) is 4.79 Å². The van der Waals surface area contributed by atoms with Crippen LogP contribution in [0.15, 0.2) is 48.0 Å². The van der Waals surface area contributed by atoms with Crippen molar-refractivity contribution in [2.24, 2.45) is 0 Å². The molecule has 4 nitrogen and oxygen atoms in total. The van der Waals surface area contributed by atoms with Crippen molar-refractivity contribution in [1.29, 1.82) is 0 Å². The van der Waals surface area contributed by atoms with Gasteiger partial charge < -0.3 is 9.64 Å². The van der Waals surface area contributed by atoms with Crippen LogP contribution >= 0.6 is 22.9 Å². The Morgan fingerprint density at radius 2 is 1.87 bits per heavy atom. The molecule has 0 radical (unpaired) electrons. The van der Waals surface area contributed by atoms with Crippen molar-refractivity contribution < 1.29 is 9.53 Å². The average Bonchev–Trinajstić information content (AvgIpc) is 3.23. The number of pyridine rings is 1. The molecule has 0 unspecified atom stereocenters.